The minimum Gasteiger partial charge on any atom is -0.493 e. The molecular weight excluding hydrogens is 360 g/mol. The van der Waals surface area contributed by atoms with Crippen molar-refractivity contribution < 1.29 is 14.3 Å². The average Bonchev–Trinajstić information content (AvgIpc) is 3.01. The number of nitrogens with zero attached hydrogens (tertiary/aromatic N) is 1. The van der Waals surface area contributed by atoms with Crippen molar-refractivity contribution in [1.29, 1.82) is 5.26 Å². The van der Waals surface area contributed by atoms with Crippen molar-refractivity contribution in [2.45, 2.75) is 39.0 Å². The first-order valence-electron chi connectivity index (χ1n) is 9.22. The van der Waals surface area contributed by atoms with Gasteiger partial charge in [-0.15, -0.1) is 11.3 Å². The van der Waals surface area contributed by atoms with Gasteiger partial charge in [-0.2, -0.15) is 5.26 Å². The Morgan fingerprint density at radius 1 is 1.37 bits per heavy atom. The van der Waals surface area contributed by atoms with Crippen LogP contribution in [0, 0.1) is 17.2 Å². The Hall–Kier alpha value is -2.52. The number of methoxy groups -OCH3 is 1. The molecule has 0 aliphatic heterocycles. The molecule has 2 aromatic rings. The summed E-state index contributed by atoms with van der Waals surface area (Å²) < 4.78 is 10.9. The fourth-order valence-corrected chi connectivity index (χ4v) is 4.68. The van der Waals surface area contributed by atoms with E-state index in [1.165, 1.54) is 4.88 Å². The third kappa shape index (κ3) is 4.61. The highest BCUT2D eigenvalue weighted by Crippen LogP contribution is 2.39. The summed E-state index contributed by atoms with van der Waals surface area (Å²) in [5.41, 5.74) is 1.79. The zero-order valence-corrected chi connectivity index (χ0v) is 16.5. The summed E-state index contributed by atoms with van der Waals surface area (Å²) in [6, 6.07) is 9.73. The van der Waals surface area contributed by atoms with E-state index in [0.717, 1.165) is 24.8 Å². The lowest BCUT2D eigenvalue weighted by Crippen LogP contribution is -2.13. The van der Waals surface area contributed by atoms with E-state index in [1.807, 2.05) is 24.3 Å². The number of carbonyl (C=O) groups is 1. The molecule has 27 heavy (non-hydrogen) atoms. The molecule has 0 bridgehead atoms. The van der Waals surface area contributed by atoms with Crippen molar-refractivity contribution in [1.82, 2.24) is 0 Å². The standard InChI is InChI=1S/C21H24N2O3S/c1-14-9-10-15-16(13-22)21(27-19(15)12-14)23-20(24)8-5-11-26-18-7-4-3-6-17(18)25-2/h3-4,6-7,14H,5,8-12H2,1-2H3,(H,23,24)/t14-/m0/s1. The van der Waals surface area contributed by atoms with Gasteiger partial charge in [0.15, 0.2) is 11.5 Å². The number of benzene rings is 1. The number of hydrogen-bond acceptors (Lipinski definition) is 5. The van der Waals surface area contributed by atoms with Gasteiger partial charge in [0.25, 0.3) is 0 Å². The number of fused-ring (bicyclic) bond motifs is 1. The Balaban J connectivity index is 1.52. The summed E-state index contributed by atoms with van der Waals surface area (Å²) in [6.45, 7) is 2.66. The van der Waals surface area contributed by atoms with Gasteiger partial charge in [-0.25, -0.2) is 0 Å². The maximum Gasteiger partial charge on any atom is 0.225 e. The van der Waals surface area contributed by atoms with Crippen LogP contribution in [0.2, 0.25) is 0 Å². The Bertz CT molecular complexity index is 854. The van der Waals surface area contributed by atoms with Crippen LogP contribution in [0.5, 0.6) is 11.5 Å². The lowest BCUT2D eigenvalue weighted by molar-refractivity contribution is -0.116. The molecule has 0 fully saturated rings. The van der Waals surface area contributed by atoms with Gasteiger partial charge in [0, 0.05) is 11.3 Å². The number of thiophene rings is 1. The fourth-order valence-electron chi connectivity index (χ4n) is 3.30. The van der Waals surface area contributed by atoms with E-state index >= 15 is 0 Å². The molecule has 0 spiro atoms. The summed E-state index contributed by atoms with van der Waals surface area (Å²) in [4.78, 5) is 13.5. The van der Waals surface area contributed by atoms with E-state index < -0.39 is 0 Å². The number of carbonyl (C=O) groups excluding carboxylic acids is 1. The van der Waals surface area contributed by atoms with Crippen LogP contribution in [0.4, 0.5) is 5.00 Å². The number of amides is 1. The largest absolute Gasteiger partial charge is 0.493 e. The number of hydrogen-bond donors (Lipinski definition) is 1. The molecule has 1 N–H and O–H groups in total. The molecule has 5 nitrogen and oxygen atoms in total. The van der Waals surface area contributed by atoms with Gasteiger partial charge in [-0.05, 0) is 49.3 Å². The van der Waals surface area contributed by atoms with Crippen molar-refractivity contribution in [2.24, 2.45) is 5.92 Å². The topological polar surface area (TPSA) is 71.3 Å². The molecule has 1 aromatic heterocycles. The first kappa shape index (κ1) is 19.2. The second kappa shape index (κ2) is 8.92. The van der Waals surface area contributed by atoms with Crippen LogP contribution in [0.1, 0.15) is 42.2 Å². The Kier molecular flexibility index (Phi) is 6.36. The number of nitrogens with one attached hydrogen (secondary N) is 1. The van der Waals surface area contributed by atoms with Crippen LogP contribution < -0.4 is 14.8 Å². The third-order valence-electron chi connectivity index (χ3n) is 4.75. The van der Waals surface area contributed by atoms with Crippen LogP contribution in [-0.2, 0) is 17.6 Å². The quantitative estimate of drug-likeness (QED) is 0.711. The Morgan fingerprint density at radius 2 is 2.15 bits per heavy atom. The predicted molar refractivity (Wildman–Crippen MR) is 107 cm³/mol. The molecule has 0 saturated carbocycles. The summed E-state index contributed by atoms with van der Waals surface area (Å²) in [5.74, 6) is 1.91. The highest BCUT2D eigenvalue weighted by molar-refractivity contribution is 7.16. The lowest BCUT2D eigenvalue weighted by atomic mass is 9.89. The predicted octanol–water partition coefficient (Wildman–Crippen LogP) is 4.55. The molecule has 0 unspecified atom stereocenters. The molecule has 0 radical (unpaired) electrons. The highest BCUT2D eigenvalue weighted by Gasteiger charge is 2.24. The molecule has 1 amide bonds. The van der Waals surface area contributed by atoms with Crippen molar-refractivity contribution in [3.05, 3.63) is 40.3 Å². The lowest BCUT2D eigenvalue weighted by Gasteiger charge is -2.17. The second-order valence-corrected chi connectivity index (χ2v) is 7.92. The molecule has 1 atom stereocenters. The molecule has 0 saturated heterocycles. The van der Waals surface area contributed by atoms with Gasteiger partial charge in [0.2, 0.25) is 5.91 Å². The zero-order chi connectivity index (χ0) is 19.2. The number of rotatable bonds is 7. The molecule has 1 aromatic carbocycles. The smallest absolute Gasteiger partial charge is 0.225 e. The van der Waals surface area contributed by atoms with Crippen LogP contribution in [0.25, 0.3) is 0 Å². The first-order chi connectivity index (χ1) is 13.1. The number of para-hydroxylation sites is 2. The van der Waals surface area contributed by atoms with Crippen LogP contribution >= 0.6 is 11.3 Å². The van der Waals surface area contributed by atoms with E-state index in [-0.39, 0.29) is 5.91 Å². The maximum absolute atomic E-state index is 12.3. The maximum atomic E-state index is 12.3. The minimum atomic E-state index is -0.0817. The molecule has 1 aliphatic rings. The summed E-state index contributed by atoms with van der Waals surface area (Å²) in [6.07, 6.45) is 3.97. The zero-order valence-electron chi connectivity index (χ0n) is 15.7. The average molecular weight is 385 g/mol. The van der Waals surface area contributed by atoms with Crippen molar-refractivity contribution in [3.63, 3.8) is 0 Å². The molecule has 3 rings (SSSR count). The Morgan fingerprint density at radius 3 is 2.89 bits per heavy atom. The normalized spacial score (nSPS) is 15.5. The van der Waals surface area contributed by atoms with Gasteiger partial charge in [0.05, 0.1) is 19.3 Å². The molecule has 1 aliphatic carbocycles. The van der Waals surface area contributed by atoms with Gasteiger partial charge in [0.1, 0.15) is 11.1 Å². The van der Waals surface area contributed by atoms with Crippen molar-refractivity contribution in [2.75, 3.05) is 19.0 Å². The van der Waals surface area contributed by atoms with Gasteiger partial charge >= 0.3 is 0 Å². The molecular formula is C21H24N2O3S. The first-order valence-corrected chi connectivity index (χ1v) is 10.0. The fraction of sp³-hybridized carbons (Fsp3) is 0.429. The van der Waals surface area contributed by atoms with Gasteiger partial charge < -0.3 is 14.8 Å². The van der Waals surface area contributed by atoms with Crippen LogP contribution in [0.15, 0.2) is 24.3 Å². The van der Waals surface area contributed by atoms with Crippen LogP contribution in [0.3, 0.4) is 0 Å². The SMILES string of the molecule is COc1ccccc1OCCCC(=O)Nc1sc2c(c1C#N)CC[C@H](C)C2. The second-order valence-electron chi connectivity index (χ2n) is 6.82. The monoisotopic (exact) mass is 384 g/mol. The third-order valence-corrected chi connectivity index (χ3v) is 5.92. The van der Waals surface area contributed by atoms with Gasteiger partial charge in [-0.3, -0.25) is 4.79 Å². The van der Waals surface area contributed by atoms with Gasteiger partial charge in [-0.1, -0.05) is 19.1 Å². The minimum absolute atomic E-state index is 0.0817. The van der Waals surface area contributed by atoms with E-state index in [2.05, 4.69) is 18.3 Å². The van der Waals surface area contributed by atoms with Crippen molar-refractivity contribution in [3.8, 4) is 17.6 Å². The van der Waals surface area contributed by atoms with E-state index in [9.17, 15) is 10.1 Å². The highest BCUT2D eigenvalue weighted by atomic mass is 32.1. The molecule has 142 valence electrons. The summed E-state index contributed by atoms with van der Waals surface area (Å²) in [7, 11) is 1.60. The molecule has 6 heteroatoms. The number of ether oxygens (including phenoxy) is 2. The summed E-state index contributed by atoms with van der Waals surface area (Å²) >= 11 is 1.56. The van der Waals surface area contributed by atoms with E-state index in [1.54, 1.807) is 18.4 Å². The van der Waals surface area contributed by atoms with E-state index in [0.29, 0.717) is 47.4 Å². The summed E-state index contributed by atoms with van der Waals surface area (Å²) in [5, 5.41) is 13.1. The van der Waals surface area contributed by atoms with Crippen LogP contribution in [-0.4, -0.2) is 19.6 Å². The number of anilines is 1. The van der Waals surface area contributed by atoms with E-state index in [4.69, 9.17) is 9.47 Å². The Labute approximate surface area is 163 Å². The number of nitriles is 1. The van der Waals surface area contributed by atoms with Crippen molar-refractivity contribution >= 4 is 22.2 Å². The molecule has 1 heterocycles.